The van der Waals surface area contributed by atoms with Gasteiger partial charge in [-0.2, -0.15) is 0 Å². The van der Waals surface area contributed by atoms with E-state index in [1.165, 1.54) is 0 Å². The molecule has 0 aromatic heterocycles. The zero-order valence-corrected chi connectivity index (χ0v) is 9.86. The number of carbonyl (C=O) groups excluding carboxylic acids is 1. The van der Waals surface area contributed by atoms with Crippen molar-refractivity contribution in [2.45, 2.75) is 45.1 Å². The number of ketones is 1. The molecule has 1 N–H and O–H groups in total. The van der Waals surface area contributed by atoms with Crippen LogP contribution in [0.25, 0.3) is 0 Å². The fraction of sp³-hybridized carbons (Fsp3) is 0.643. The lowest BCUT2D eigenvalue weighted by Gasteiger charge is -2.35. The standard InChI is InChI=1S/C14H20O2/c1-14(9-5-2-6-10-14)13(16)11-7-3-4-8-12(11)15/h2-5,11-12,15H,6-10H2,1H3/t11-,12+,14-/m1/s1. The second-order valence-electron chi connectivity index (χ2n) is 5.26. The highest BCUT2D eigenvalue weighted by Gasteiger charge is 2.39. The lowest BCUT2D eigenvalue weighted by atomic mass is 9.69. The van der Waals surface area contributed by atoms with Gasteiger partial charge >= 0.3 is 0 Å². The molecule has 0 saturated heterocycles. The van der Waals surface area contributed by atoms with Crippen LogP contribution in [0.4, 0.5) is 0 Å². The summed E-state index contributed by atoms with van der Waals surface area (Å²) in [6.45, 7) is 2.05. The van der Waals surface area contributed by atoms with Gasteiger partial charge in [-0.3, -0.25) is 4.79 Å². The first-order valence-electron chi connectivity index (χ1n) is 6.16. The number of hydrogen-bond donors (Lipinski definition) is 1. The minimum atomic E-state index is -0.472. The van der Waals surface area contributed by atoms with E-state index >= 15 is 0 Å². The summed E-state index contributed by atoms with van der Waals surface area (Å²) < 4.78 is 0. The van der Waals surface area contributed by atoms with Crippen molar-refractivity contribution in [3.8, 4) is 0 Å². The van der Waals surface area contributed by atoms with Crippen LogP contribution in [0.1, 0.15) is 39.0 Å². The van der Waals surface area contributed by atoms with Crippen LogP contribution < -0.4 is 0 Å². The van der Waals surface area contributed by atoms with E-state index in [9.17, 15) is 9.90 Å². The molecule has 0 saturated carbocycles. The third-order valence-electron chi connectivity index (χ3n) is 3.93. The van der Waals surface area contributed by atoms with Crippen LogP contribution in [0.3, 0.4) is 0 Å². The molecule has 2 rings (SSSR count). The number of aliphatic hydroxyl groups excluding tert-OH is 1. The molecular weight excluding hydrogens is 200 g/mol. The highest BCUT2D eigenvalue weighted by molar-refractivity contribution is 5.87. The van der Waals surface area contributed by atoms with Crippen LogP contribution in [-0.2, 0) is 4.79 Å². The molecule has 16 heavy (non-hydrogen) atoms. The first-order valence-corrected chi connectivity index (χ1v) is 6.16. The number of Topliss-reactive ketones (excluding diaryl/α,β-unsaturated/α-hetero) is 1. The Morgan fingerprint density at radius 3 is 2.62 bits per heavy atom. The Morgan fingerprint density at radius 1 is 1.25 bits per heavy atom. The first-order chi connectivity index (χ1) is 7.63. The number of rotatable bonds is 2. The third kappa shape index (κ3) is 2.12. The second-order valence-corrected chi connectivity index (χ2v) is 5.26. The normalized spacial score (nSPS) is 38.6. The highest BCUT2D eigenvalue weighted by atomic mass is 16.3. The average molecular weight is 220 g/mol. The largest absolute Gasteiger partial charge is 0.392 e. The fourth-order valence-electron chi connectivity index (χ4n) is 2.72. The van der Waals surface area contributed by atoms with Gasteiger partial charge in [0.2, 0.25) is 0 Å². The van der Waals surface area contributed by atoms with Crippen LogP contribution in [0, 0.1) is 11.3 Å². The van der Waals surface area contributed by atoms with Gasteiger partial charge in [0, 0.05) is 11.3 Å². The van der Waals surface area contributed by atoms with E-state index in [4.69, 9.17) is 0 Å². The Kier molecular flexibility index (Phi) is 3.29. The average Bonchev–Trinajstić information content (AvgIpc) is 2.30. The lowest BCUT2D eigenvalue weighted by molar-refractivity contribution is -0.136. The van der Waals surface area contributed by atoms with Gasteiger partial charge in [-0.25, -0.2) is 0 Å². The van der Waals surface area contributed by atoms with Crippen molar-refractivity contribution in [3.63, 3.8) is 0 Å². The predicted molar refractivity (Wildman–Crippen MR) is 64.0 cm³/mol. The van der Waals surface area contributed by atoms with Gasteiger partial charge in [-0.15, -0.1) is 0 Å². The molecule has 0 aliphatic heterocycles. The summed E-state index contributed by atoms with van der Waals surface area (Å²) in [5.41, 5.74) is -0.244. The third-order valence-corrected chi connectivity index (χ3v) is 3.93. The van der Waals surface area contributed by atoms with Crippen molar-refractivity contribution in [3.05, 3.63) is 24.3 Å². The first kappa shape index (κ1) is 11.6. The molecule has 3 atom stereocenters. The van der Waals surface area contributed by atoms with Crippen LogP contribution in [0.15, 0.2) is 24.3 Å². The van der Waals surface area contributed by atoms with Crippen molar-refractivity contribution in [2.75, 3.05) is 0 Å². The molecule has 0 aromatic carbocycles. The topological polar surface area (TPSA) is 37.3 Å². The Morgan fingerprint density at radius 2 is 2.00 bits per heavy atom. The Hall–Kier alpha value is -0.890. The molecule has 2 aliphatic carbocycles. The van der Waals surface area contributed by atoms with Crippen LogP contribution >= 0.6 is 0 Å². The van der Waals surface area contributed by atoms with Gasteiger partial charge in [-0.05, 0) is 32.1 Å². The van der Waals surface area contributed by atoms with E-state index < -0.39 is 6.10 Å². The van der Waals surface area contributed by atoms with Crippen LogP contribution in [0.2, 0.25) is 0 Å². The van der Waals surface area contributed by atoms with Gasteiger partial charge in [0.15, 0.2) is 0 Å². The van der Waals surface area contributed by atoms with Crippen LogP contribution in [0.5, 0.6) is 0 Å². The smallest absolute Gasteiger partial charge is 0.145 e. The van der Waals surface area contributed by atoms with E-state index in [1.54, 1.807) is 0 Å². The molecule has 0 spiro atoms. The Balaban J connectivity index is 2.11. The van der Waals surface area contributed by atoms with Crippen LogP contribution in [-0.4, -0.2) is 17.0 Å². The Bertz CT molecular complexity index is 330. The summed E-state index contributed by atoms with van der Waals surface area (Å²) in [6, 6.07) is 0. The van der Waals surface area contributed by atoms with E-state index in [0.717, 1.165) is 19.3 Å². The van der Waals surface area contributed by atoms with E-state index in [2.05, 4.69) is 12.2 Å². The summed E-state index contributed by atoms with van der Waals surface area (Å²) >= 11 is 0. The minimum absolute atomic E-state index is 0.179. The molecular formula is C14H20O2. The summed E-state index contributed by atoms with van der Waals surface area (Å²) in [5.74, 6) is 0.0789. The number of carbonyl (C=O) groups is 1. The minimum Gasteiger partial charge on any atom is -0.392 e. The molecule has 88 valence electrons. The maximum absolute atomic E-state index is 12.5. The molecule has 2 heteroatoms. The predicted octanol–water partition coefficient (Wildman–Crippen LogP) is 2.63. The van der Waals surface area contributed by atoms with Gasteiger partial charge in [0.1, 0.15) is 5.78 Å². The molecule has 0 unspecified atom stereocenters. The molecule has 0 aromatic rings. The lowest BCUT2D eigenvalue weighted by Crippen LogP contribution is -2.40. The zero-order chi connectivity index (χ0) is 11.6. The quantitative estimate of drug-likeness (QED) is 0.726. The van der Waals surface area contributed by atoms with Crippen molar-refractivity contribution in [1.29, 1.82) is 0 Å². The van der Waals surface area contributed by atoms with Gasteiger partial charge in [0.05, 0.1) is 6.10 Å². The molecule has 2 aliphatic rings. The van der Waals surface area contributed by atoms with Crippen molar-refractivity contribution < 1.29 is 9.90 Å². The van der Waals surface area contributed by atoms with Crippen molar-refractivity contribution in [2.24, 2.45) is 11.3 Å². The molecule has 0 bridgehead atoms. The summed E-state index contributed by atoms with van der Waals surface area (Å²) in [6.07, 6.45) is 11.9. The van der Waals surface area contributed by atoms with E-state index in [-0.39, 0.29) is 17.1 Å². The van der Waals surface area contributed by atoms with Crippen molar-refractivity contribution >= 4 is 5.78 Å². The molecule has 0 amide bonds. The monoisotopic (exact) mass is 220 g/mol. The van der Waals surface area contributed by atoms with Gasteiger partial charge in [-0.1, -0.05) is 31.2 Å². The maximum atomic E-state index is 12.5. The van der Waals surface area contributed by atoms with Crippen molar-refractivity contribution in [1.82, 2.24) is 0 Å². The summed E-state index contributed by atoms with van der Waals surface area (Å²) in [7, 11) is 0. The number of allylic oxidation sites excluding steroid dienone is 3. The zero-order valence-electron chi connectivity index (χ0n) is 9.86. The highest BCUT2D eigenvalue weighted by Crippen LogP contribution is 2.38. The molecule has 0 fully saturated rings. The molecule has 0 radical (unpaired) electrons. The second kappa shape index (κ2) is 4.54. The SMILES string of the molecule is C[C@@]1(C(=O)[C@@H]2CC=CC[C@@H]2O)CC=CCC1. The molecule has 2 nitrogen and oxygen atoms in total. The maximum Gasteiger partial charge on any atom is 0.145 e. The van der Waals surface area contributed by atoms with E-state index in [0.29, 0.717) is 12.8 Å². The molecule has 0 heterocycles. The summed E-state index contributed by atoms with van der Waals surface area (Å²) in [5, 5.41) is 9.89. The van der Waals surface area contributed by atoms with Gasteiger partial charge in [0.25, 0.3) is 0 Å². The number of aliphatic hydroxyl groups is 1. The fourth-order valence-corrected chi connectivity index (χ4v) is 2.72. The van der Waals surface area contributed by atoms with E-state index in [1.807, 2.05) is 19.1 Å². The van der Waals surface area contributed by atoms with Gasteiger partial charge < -0.3 is 5.11 Å². The summed E-state index contributed by atoms with van der Waals surface area (Å²) in [4.78, 5) is 12.5. The number of hydrogen-bond acceptors (Lipinski definition) is 2. The Labute approximate surface area is 97.0 Å².